The van der Waals surface area contributed by atoms with E-state index in [0.29, 0.717) is 0 Å². The van der Waals surface area contributed by atoms with Gasteiger partial charge in [0.05, 0.1) is 0 Å². The van der Waals surface area contributed by atoms with Crippen molar-refractivity contribution in [2.24, 2.45) is 5.73 Å². The molecule has 4 nitrogen and oxygen atoms in total. The molecule has 1 aromatic rings. The quantitative estimate of drug-likeness (QED) is 0.734. The van der Waals surface area contributed by atoms with Gasteiger partial charge in [0, 0.05) is 12.5 Å². The van der Waals surface area contributed by atoms with Crippen molar-refractivity contribution in [3.8, 4) is 0 Å². The molecule has 0 bridgehead atoms. The second-order valence-corrected chi connectivity index (χ2v) is 2.68. The molecule has 0 amide bonds. The van der Waals surface area contributed by atoms with Crippen LogP contribution in [-0.2, 0) is 6.18 Å². The maximum absolute atomic E-state index is 12.0. The number of hydrogen-bond donors (Lipinski definition) is 2. The molecule has 0 aliphatic rings. The first kappa shape index (κ1) is 9.97. The Morgan fingerprint density at radius 1 is 1.54 bits per heavy atom. The van der Waals surface area contributed by atoms with Gasteiger partial charge in [-0.05, 0) is 0 Å². The van der Waals surface area contributed by atoms with Crippen molar-refractivity contribution >= 4 is 0 Å². The third kappa shape index (κ3) is 2.18. The molecule has 0 aliphatic carbocycles. The van der Waals surface area contributed by atoms with Crippen LogP contribution in [0.3, 0.4) is 0 Å². The minimum absolute atomic E-state index is 0.162. The number of rotatable bonds is 2. The Bertz CT molecular complexity index is 280. The number of H-pyrrole nitrogens is 1. The van der Waals surface area contributed by atoms with Gasteiger partial charge in [-0.15, -0.1) is 5.10 Å². The number of nitrogens with zero attached hydrogens (tertiary/aromatic N) is 2. The number of halogens is 3. The van der Waals surface area contributed by atoms with Crippen molar-refractivity contribution in [2.45, 2.75) is 19.0 Å². The molecule has 0 spiro atoms. The maximum atomic E-state index is 12.0. The van der Waals surface area contributed by atoms with Crippen LogP contribution in [0.25, 0.3) is 0 Å². The third-order valence-corrected chi connectivity index (χ3v) is 1.58. The number of hydrogen-bond acceptors (Lipinski definition) is 3. The summed E-state index contributed by atoms with van der Waals surface area (Å²) in [6.07, 6.45) is -4.50. The van der Waals surface area contributed by atoms with E-state index in [-0.39, 0.29) is 18.3 Å². The van der Waals surface area contributed by atoms with Crippen LogP contribution in [0.15, 0.2) is 0 Å². The fourth-order valence-corrected chi connectivity index (χ4v) is 0.733. The fraction of sp³-hybridized carbons (Fsp3) is 0.667. The maximum Gasteiger partial charge on any atom is 0.453 e. The predicted molar refractivity (Wildman–Crippen MR) is 38.9 cm³/mol. The third-order valence-electron chi connectivity index (χ3n) is 1.58. The summed E-state index contributed by atoms with van der Waals surface area (Å²) in [5.41, 5.74) is 5.25. The monoisotopic (exact) mass is 194 g/mol. The molecule has 0 saturated heterocycles. The molecular formula is C6H9F3N4. The smallest absolute Gasteiger partial charge is 0.330 e. The largest absolute Gasteiger partial charge is 0.453 e. The average molecular weight is 194 g/mol. The zero-order valence-electron chi connectivity index (χ0n) is 6.89. The molecule has 13 heavy (non-hydrogen) atoms. The summed E-state index contributed by atoms with van der Waals surface area (Å²) in [4.78, 5) is 3.28. The Kier molecular flexibility index (Phi) is 2.55. The fourth-order valence-electron chi connectivity index (χ4n) is 0.733. The summed E-state index contributed by atoms with van der Waals surface area (Å²) in [6, 6.07) is 0. The van der Waals surface area contributed by atoms with E-state index in [1.54, 1.807) is 6.92 Å². The molecule has 0 radical (unpaired) electrons. The van der Waals surface area contributed by atoms with Gasteiger partial charge < -0.3 is 5.73 Å². The average Bonchev–Trinajstić information content (AvgIpc) is 2.50. The van der Waals surface area contributed by atoms with Crippen LogP contribution in [0.1, 0.15) is 24.5 Å². The Morgan fingerprint density at radius 2 is 2.15 bits per heavy atom. The summed E-state index contributed by atoms with van der Waals surface area (Å²) in [5.74, 6) is -1.23. The lowest BCUT2D eigenvalue weighted by Crippen LogP contribution is -2.11. The molecule has 1 unspecified atom stereocenters. The molecule has 0 aliphatic heterocycles. The van der Waals surface area contributed by atoms with Crippen molar-refractivity contribution in [3.05, 3.63) is 11.6 Å². The molecule has 1 heterocycles. The highest BCUT2D eigenvalue weighted by molar-refractivity contribution is 4.99. The normalized spacial score (nSPS) is 14.5. The van der Waals surface area contributed by atoms with Crippen molar-refractivity contribution < 1.29 is 13.2 Å². The lowest BCUT2D eigenvalue weighted by Gasteiger charge is -2.01. The van der Waals surface area contributed by atoms with Gasteiger partial charge in [-0.2, -0.15) is 13.2 Å². The lowest BCUT2D eigenvalue weighted by molar-refractivity contribution is -0.144. The minimum atomic E-state index is -4.50. The Labute approximate surface area is 72.3 Å². The Hall–Kier alpha value is -1.11. The van der Waals surface area contributed by atoms with Crippen LogP contribution in [-0.4, -0.2) is 21.7 Å². The van der Waals surface area contributed by atoms with Crippen molar-refractivity contribution in [1.29, 1.82) is 0 Å². The number of nitrogens with one attached hydrogen (secondary N) is 1. The van der Waals surface area contributed by atoms with Crippen LogP contribution in [0, 0.1) is 0 Å². The topological polar surface area (TPSA) is 67.6 Å². The highest BCUT2D eigenvalue weighted by atomic mass is 19.4. The zero-order chi connectivity index (χ0) is 10.1. The van der Waals surface area contributed by atoms with E-state index in [1.165, 1.54) is 0 Å². The van der Waals surface area contributed by atoms with Gasteiger partial charge in [0.15, 0.2) is 0 Å². The number of nitrogens with two attached hydrogens (primary N) is 1. The summed E-state index contributed by atoms with van der Waals surface area (Å²) in [6.45, 7) is 1.90. The molecule has 0 aromatic carbocycles. The zero-order valence-corrected chi connectivity index (χ0v) is 6.89. The molecule has 0 fully saturated rings. The van der Waals surface area contributed by atoms with Gasteiger partial charge in [-0.1, -0.05) is 6.92 Å². The van der Waals surface area contributed by atoms with E-state index in [2.05, 4.69) is 15.2 Å². The first-order chi connectivity index (χ1) is 5.95. The Morgan fingerprint density at radius 3 is 2.54 bits per heavy atom. The molecule has 1 rings (SSSR count). The van der Waals surface area contributed by atoms with Gasteiger partial charge in [0.25, 0.3) is 5.82 Å². The SMILES string of the molecule is CC(CN)c1nc(C(F)(F)F)n[nH]1. The van der Waals surface area contributed by atoms with Crippen LogP contribution >= 0.6 is 0 Å². The first-order valence-corrected chi connectivity index (χ1v) is 3.64. The second kappa shape index (κ2) is 3.33. The van der Waals surface area contributed by atoms with Crippen molar-refractivity contribution in [3.63, 3.8) is 0 Å². The highest BCUT2D eigenvalue weighted by Gasteiger charge is 2.36. The van der Waals surface area contributed by atoms with Crippen molar-refractivity contribution in [1.82, 2.24) is 15.2 Å². The summed E-state index contributed by atoms with van der Waals surface area (Å²) in [5, 5.41) is 5.24. The number of aromatic nitrogens is 3. The highest BCUT2D eigenvalue weighted by Crippen LogP contribution is 2.26. The molecule has 1 atom stereocenters. The van der Waals surface area contributed by atoms with E-state index in [1.807, 2.05) is 0 Å². The molecule has 1 aromatic heterocycles. The van der Waals surface area contributed by atoms with Gasteiger partial charge >= 0.3 is 6.18 Å². The number of alkyl halides is 3. The second-order valence-electron chi connectivity index (χ2n) is 2.68. The van der Waals surface area contributed by atoms with Gasteiger partial charge in [0.2, 0.25) is 0 Å². The molecule has 3 N–H and O–H groups in total. The van der Waals surface area contributed by atoms with Crippen molar-refractivity contribution in [2.75, 3.05) is 6.54 Å². The van der Waals surface area contributed by atoms with Gasteiger partial charge in [0.1, 0.15) is 5.82 Å². The van der Waals surface area contributed by atoms with Crippen LogP contribution in [0.2, 0.25) is 0 Å². The van der Waals surface area contributed by atoms with E-state index in [9.17, 15) is 13.2 Å². The molecular weight excluding hydrogens is 185 g/mol. The number of aromatic amines is 1. The minimum Gasteiger partial charge on any atom is -0.330 e. The molecule has 74 valence electrons. The Balaban J connectivity index is 2.87. The predicted octanol–water partition coefficient (Wildman–Crippen LogP) is 0.886. The van der Waals surface area contributed by atoms with Gasteiger partial charge in [-0.25, -0.2) is 4.98 Å². The van der Waals surface area contributed by atoms with Gasteiger partial charge in [-0.3, -0.25) is 5.10 Å². The van der Waals surface area contributed by atoms with E-state index in [4.69, 9.17) is 5.73 Å². The van der Waals surface area contributed by atoms with E-state index in [0.717, 1.165) is 0 Å². The molecule has 0 saturated carbocycles. The van der Waals surface area contributed by atoms with Crippen LogP contribution in [0.5, 0.6) is 0 Å². The van der Waals surface area contributed by atoms with E-state index < -0.39 is 12.0 Å². The van der Waals surface area contributed by atoms with E-state index >= 15 is 0 Å². The molecule has 7 heteroatoms. The standard InChI is InChI=1S/C6H9F3N4/c1-3(2-10)4-11-5(13-12-4)6(7,8)9/h3H,2,10H2,1H3,(H,11,12,13). The summed E-state index contributed by atoms with van der Waals surface area (Å²) in [7, 11) is 0. The van der Waals surface area contributed by atoms with Crippen LogP contribution in [0.4, 0.5) is 13.2 Å². The first-order valence-electron chi connectivity index (χ1n) is 3.64. The lowest BCUT2D eigenvalue weighted by atomic mass is 10.2. The summed E-state index contributed by atoms with van der Waals surface area (Å²) >= 11 is 0. The van der Waals surface area contributed by atoms with Crippen LogP contribution < -0.4 is 5.73 Å². The summed E-state index contributed by atoms with van der Waals surface area (Å²) < 4.78 is 36.0.